The number of nitrogens with one attached hydrogen (secondary N) is 2. The summed E-state index contributed by atoms with van der Waals surface area (Å²) in [6.07, 6.45) is 5.67. The number of benzene rings is 1. The van der Waals surface area contributed by atoms with Crippen LogP contribution in [0.1, 0.15) is 24.7 Å². The lowest BCUT2D eigenvalue weighted by molar-refractivity contribution is -0.179. The minimum absolute atomic E-state index is 0.0628. The van der Waals surface area contributed by atoms with E-state index in [9.17, 15) is 9.59 Å². The number of aromatic amines is 1. The highest BCUT2D eigenvalue weighted by Crippen LogP contribution is 2.47. The molecular weight excluding hydrogens is 394 g/mol. The standard InChI is InChI=1S/C20H27N3O3S2/c1-12(2)20(28-6)17(24)22-19(26-4,18(25)23(20)3)16(27-5)14-11-21-15-10-8-7-9-13(14)15/h7-12,16,21H,1-6H3,(H,22,24)/t16-,19+,20+/m1/s1. The number of H-pyrrole nitrogens is 1. The molecule has 0 spiro atoms. The number of hydrogen-bond acceptors (Lipinski definition) is 5. The number of thioether (sulfide) groups is 2. The zero-order chi connectivity index (χ0) is 20.7. The molecule has 0 unspecified atom stereocenters. The summed E-state index contributed by atoms with van der Waals surface area (Å²) in [6, 6.07) is 7.91. The van der Waals surface area contributed by atoms with Gasteiger partial charge in [0.2, 0.25) is 5.72 Å². The van der Waals surface area contributed by atoms with Gasteiger partial charge in [-0.1, -0.05) is 32.0 Å². The van der Waals surface area contributed by atoms with Crippen molar-refractivity contribution in [3.05, 3.63) is 36.0 Å². The summed E-state index contributed by atoms with van der Waals surface area (Å²) >= 11 is 2.86. The van der Waals surface area contributed by atoms with Crippen LogP contribution in [0, 0.1) is 5.92 Å². The van der Waals surface area contributed by atoms with Gasteiger partial charge in [0, 0.05) is 31.3 Å². The van der Waals surface area contributed by atoms with Gasteiger partial charge in [-0.2, -0.15) is 11.8 Å². The Labute approximate surface area is 174 Å². The number of ether oxygens (including phenoxy) is 1. The molecule has 0 radical (unpaired) electrons. The van der Waals surface area contributed by atoms with Crippen LogP contribution < -0.4 is 5.32 Å². The van der Waals surface area contributed by atoms with Crippen LogP contribution in [0.15, 0.2) is 30.5 Å². The van der Waals surface area contributed by atoms with Crippen molar-refractivity contribution in [3.63, 3.8) is 0 Å². The highest BCUT2D eigenvalue weighted by molar-refractivity contribution is 8.00. The molecule has 1 aromatic carbocycles. The highest BCUT2D eigenvalue weighted by Gasteiger charge is 2.62. The number of rotatable bonds is 6. The first-order chi connectivity index (χ1) is 13.3. The number of para-hydroxylation sites is 1. The lowest BCUT2D eigenvalue weighted by Gasteiger charge is -2.53. The molecule has 2 N–H and O–H groups in total. The molecule has 28 heavy (non-hydrogen) atoms. The summed E-state index contributed by atoms with van der Waals surface area (Å²) in [6.45, 7) is 3.90. The Bertz CT molecular complexity index is 900. The maximum Gasteiger partial charge on any atom is 0.278 e. The van der Waals surface area contributed by atoms with Crippen molar-refractivity contribution < 1.29 is 14.3 Å². The van der Waals surface area contributed by atoms with Crippen LogP contribution in [0.4, 0.5) is 0 Å². The summed E-state index contributed by atoms with van der Waals surface area (Å²) in [5.74, 6) is -0.521. The summed E-state index contributed by atoms with van der Waals surface area (Å²) in [5, 5.41) is 3.57. The summed E-state index contributed by atoms with van der Waals surface area (Å²) in [4.78, 5) is 30.9. The van der Waals surface area contributed by atoms with Gasteiger partial charge in [0.05, 0.1) is 5.25 Å². The number of aromatic nitrogens is 1. The summed E-state index contributed by atoms with van der Waals surface area (Å²) in [7, 11) is 3.17. The van der Waals surface area contributed by atoms with Gasteiger partial charge in [-0.3, -0.25) is 9.59 Å². The maximum absolute atomic E-state index is 13.7. The first-order valence-corrected chi connectivity index (χ1v) is 11.6. The van der Waals surface area contributed by atoms with Gasteiger partial charge in [0.25, 0.3) is 11.8 Å². The Hall–Kier alpha value is -1.64. The molecular formula is C20H27N3O3S2. The third-order valence-corrected chi connectivity index (χ3v) is 8.28. The van der Waals surface area contributed by atoms with Crippen LogP contribution in [0.3, 0.4) is 0 Å². The third-order valence-electron chi connectivity index (χ3n) is 5.67. The minimum atomic E-state index is -1.48. The predicted octanol–water partition coefficient (Wildman–Crippen LogP) is 3.22. The van der Waals surface area contributed by atoms with E-state index in [0.29, 0.717) is 0 Å². The normalized spacial score (nSPS) is 26.8. The number of carbonyl (C=O) groups excluding carboxylic acids is 2. The molecule has 1 aliphatic heterocycles. The molecule has 1 aromatic heterocycles. The van der Waals surface area contributed by atoms with Crippen LogP contribution in [0.25, 0.3) is 10.9 Å². The second kappa shape index (κ2) is 7.65. The van der Waals surface area contributed by atoms with Crippen molar-refractivity contribution in [2.45, 2.75) is 29.7 Å². The van der Waals surface area contributed by atoms with Gasteiger partial charge in [-0.25, -0.2) is 0 Å². The van der Waals surface area contributed by atoms with Gasteiger partial charge >= 0.3 is 0 Å². The van der Waals surface area contributed by atoms with Crippen molar-refractivity contribution in [2.24, 2.45) is 5.92 Å². The average molecular weight is 422 g/mol. The van der Waals surface area contributed by atoms with Crippen molar-refractivity contribution in [1.82, 2.24) is 15.2 Å². The molecule has 0 aliphatic carbocycles. The fourth-order valence-electron chi connectivity index (χ4n) is 4.22. The molecule has 3 rings (SSSR count). The summed E-state index contributed by atoms with van der Waals surface area (Å²) < 4.78 is 5.81. The fraction of sp³-hybridized carbons (Fsp3) is 0.500. The average Bonchev–Trinajstić information content (AvgIpc) is 3.10. The summed E-state index contributed by atoms with van der Waals surface area (Å²) in [5.41, 5.74) is 0.421. The third kappa shape index (κ3) is 2.76. The smallest absolute Gasteiger partial charge is 0.278 e. The Morgan fingerprint density at radius 1 is 1.18 bits per heavy atom. The van der Waals surface area contributed by atoms with Crippen LogP contribution in [0.5, 0.6) is 0 Å². The SMILES string of the molecule is CO[C@]1([C@H](SC)c2c[nH]c3ccccc23)NC(=O)[C@@](SC)(C(C)C)N(C)C1=O. The molecule has 2 aromatic rings. The number of piperazine rings is 1. The molecule has 1 aliphatic rings. The van der Waals surface area contributed by atoms with Gasteiger partial charge in [0.15, 0.2) is 4.87 Å². The Morgan fingerprint density at radius 2 is 1.86 bits per heavy atom. The lowest BCUT2D eigenvalue weighted by atomic mass is 9.91. The van der Waals surface area contributed by atoms with Crippen molar-refractivity contribution in [3.8, 4) is 0 Å². The fourth-order valence-corrected chi connectivity index (χ4v) is 6.33. The Kier molecular flexibility index (Phi) is 5.76. The van der Waals surface area contributed by atoms with E-state index in [1.54, 1.807) is 11.9 Å². The molecule has 0 bridgehead atoms. The number of fused-ring (bicyclic) bond motifs is 1. The number of nitrogens with zero attached hydrogens (tertiary/aromatic N) is 1. The Morgan fingerprint density at radius 3 is 2.43 bits per heavy atom. The first-order valence-electron chi connectivity index (χ1n) is 9.10. The number of hydrogen-bond donors (Lipinski definition) is 2. The molecule has 2 heterocycles. The van der Waals surface area contributed by atoms with Gasteiger partial charge in [0.1, 0.15) is 0 Å². The van der Waals surface area contributed by atoms with Crippen molar-refractivity contribution >= 4 is 46.2 Å². The van der Waals surface area contributed by atoms with E-state index in [1.807, 2.05) is 56.8 Å². The lowest BCUT2D eigenvalue weighted by Crippen LogP contribution is -2.77. The number of likely N-dealkylation sites (N-methyl/N-ethyl adjacent to an activating group) is 1. The largest absolute Gasteiger partial charge is 0.361 e. The van der Waals surface area contributed by atoms with E-state index < -0.39 is 15.8 Å². The molecule has 1 fully saturated rings. The van der Waals surface area contributed by atoms with Crippen molar-refractivity contribution in [1.29, 1.82) is 0 Å². The second-order valence-corrected chi connectivity index (χ2v) is 9.19. The molecule has 1 saturated heterocycles. The topological polar surface area (TPSA) is 74.4 Å². The molecule has 2 amide bonds. The molecule has 152 valence electrons. The molecule has 3 atom stereocenters. The van der Waals surface area contributed by atoms with Crippen molar-refractivity contribution in [2.75, 3.05) is 26.7 Å². The van der Waals surface area contributed by atoms with E-state index in [0.717, 1.165) is 16.5 Å². The van der Waals surface area contributed by atoms with Crippen LogP contribution >= 0.6 is 23.5 Å². The monoisotopic (exact) mass is 421 g/mol. The second-order valence-electron chi connectivity index (χ2n) is 7.22. The number of methoxy groups -OCH3 is 1. The molecule has 6 nitrogen and oxygen atoms in total. The predicted molar refractivity (Wildman–Crippen MR) is 116 cm³/mol. The van der Waals surface area contributed by atoms with E-state index >= 15 is 0 Å². The van der Waals surface area contributed by atoms with E-state index in [2.05, 4.69) is 10.3 Å². The quantitative estimate of drug-likeness (QED) is 0.749. The van der Waals surface area contributed by atoms with Crippen LogP contribution in [-0.4, -0.2) is 59.0 Å². The Balaban J connectivity index is 2.14. The van der Waals surface area contributed by atoms with E-state index in [-0.39, 0.29) is 17.7 Å². The highest BCUT2D eigenvalue weighted by atomic mass is 32.2. The van der Waals surface area contributed by atoms with Crippen LogP contribution in [0.2, 0.25) is 0 Å². The van der Waals surface area contributed by atoms with Gasteiger partial charge < -0.3 is 19.9 Å². The first kappa shape index (κ1) is 21.1. The van der Waals surface area contributed by atoms with Crippen LogP contribution in [-0.2, 0) is 14.3 Å². The maximum atomic E-state index is 13.7. The van der Waals surface area contributed by atoms with Gasteiger partial charge in [-0.05, 0) is 30.1 Å². The molecule has 8 heteroatoms. The zero-order valence-electron chi connectivity index (χ0n) is 17.0. The van der Waals surface area contributed by atoms with E-state index in [4.69, 9.17) is 4.74 Å². The van der Waals surface area contributed by atoms with Gasteiger partial charge in [-0.15, -0.1) is 11.8 Å². The zero-order valence-corrected chi connectivity index (χ0v) is 18.7. The number of amides is 2. The minimum Gasteiger partial charge on any atom is -0.361 e. The van der Waals surface area contributed by atoms with E-state index in [1.165, 1.54) is 30.6 Å². The molecule has 0 saturated carbocycles. The number of carbonyl (C=O) groups is 2.